The van der Waals surface area contributed by atoms with Crippen LogP contribution in [0.15, 0.2) is 5.11 Å². The third-order valence-corrected chi connectivity index (χ3v) is 3.14. The fraction of sp³-hybridized carbons (Fsp3) is 0.714. The molecular formula is C14H19N3O9. The lowest BCUT2D eigenvalue weighted by Gasteiger charge is -2.42. The fourth-order valence-corrected chi connectivity index (χ4v) is 2.33. The standard InChI is InChI=1S/C14H19N3O9/c1-6(18)22-5-10-12(23-7(2)19)13(24-8(3)20)11(16-17-15)14(26-10)25-9(4)21/h10-14H,5H2,1-4H3/t10-,11+,12-,13-,14+/m1/s1. The molecule has 0 unspecified atom stereocenters. The van der Waals surface area contributed by atoms with Gasteiger partial charge in [0.2, 0.25) is 6.29 Å². The molecule has 0 aliphatic carbocycles. The molecule has 1 aliphatic heterocycles. The minimum atomic E-state index is -1.44. The largest absolute Gasteiger partial charge is 0.463 e. The van der Waals surface area contributed by atoms with E-state index in [0.29, 0.717) is 0 Å². The number of hydrogen-bond acceptors (Lipinski definition) is 10. The lowest BCUT2D eigenvalue weighted by Crippen LogP contribution is -2.61. The van der Waals surface area contributed by atoms with E-state index in [1.807, 2.05) is 0 Å². The van der Waals surface area contributed by atoms with Gasteiger partial charge >= 0.3 is 23.9 Å². The summed E-state index contributed by atoms with van der Waals surface area (Å²) in [5.74, 6) is -2.90. The highest BCUT2D eigenvalue weighted by atomic mass is 16.7. The number of azide groups is 1. The van der Waals surface area contributed by atoms with Gasteiger partial charge in [-0.2, -0.15) is 0 Å². The molecule has 0 amide bonds. The summed E-state index contributed by atoms with van der Waals surface area (Å²) < 4.78 is 25.5. The van der Waals surface area contributed by atoms with Crippen LogP contribution in [-0.2, 0) is 42.9 Å². The summed E-state index contributed by atoms with van der Waals surface area (Å²) in [4.78, 5) is 47.9. The number of carbonyl (C=O) groups is 4. The molecule has 0 aromatic heterocycles. The highest BCUT2D eigenvalue weighted by molar-refractivity contribution is 5.68. The van der Waals surface area contributed by atoms with Gasteiger partial charge in [0.05, 0.1) is 0 Å². The Labute approximate surface area is 148 Å². The van der Waals surface area contributed by atoms with E-state index in [-0.39, 0.29) is 6.61 Å². The topological polar surface area (TPSA) is 163 Å². The van der Waals surface area contributed by atoms with Gasteiger partial charge < -0.3 is 23.7 Å². The maximum absolute atomic E-state index is 11.5. The highest BCUT2D eigenvalue weighted by Gasteiger charge is 2.51. The molecule has 1 heterocycles. The van der Waals surface area contributed by atoms with Crippen LogP contribution in [0.4, 0.5) is 0 Å². The van der Waals surface area contributed by atoms with Crippen molar-refractivity contribution in [1.82, 2.24) is 0 Å². The van der Waals surface area contributed by atoms with Gasteiger partial charge in [-0.3, -0.25) is 19.2 Å². The molecule has 26 heavy (non-hydrogen) atoms. The zero-order valence-corrected chi connectivity index (χ0v) is 14.6. The van der Waals surface area contributed by atoms with Gasteiger partial charge in [0, 0.05) is 32.6 Å². The normalized spacial score (nSPS) is 27.5. The van der Waals surface area contributed by atoms with E-state index < -0.39 is 54.5 Å². The first-order valence-electron chi connectivity index (χ1n) is 7.50. The van der Waals surface area contributed by atoms with Crippen LogP contribution >= 0.6 is 0 Å². The molecule has 1 fully saturated rings. The summed E-state index contributed by atoms with van der Waals surface area (Å²) in [6.07, 6.45) is -5.18. The Morgan fingerprint density at radius 3 is 1.92 bits per heavy atom. The Morgan fingerprint density at radius 1 is 0.923 bits per heavy atom. The van der Waals surface area contributed by atoms with Gasteiger partial charge in [0.15, 0.2) is 12.2 Å². The maximum atomic E-state index is 11.5. The van der Waals surface area contributed by atoms with Crippen molar-refractivity contribution in [1.29, 1.82) is 0 Å². The lowest BCUT2D eigenvalue weighted by atomic mass is 9.97. The van der Waals surface area contributed by atoms with Crippen molar-refractivity contribution in [3.05, 3.63) is 10.4 Å². The monoisotopic (exact) mass is 373 g/mol. The minimum Gasteiger partial charge on any atom is -0.463 e. The van der Waals surface area contributed by atoms with E-state index in [9.17, 15) is 19.2 Å². The summed E-state index contributed by atoms with van der Waals surface area (Å²) in [6.45, 7) is 4.06. The van der Waals surface area contributed by atoms with E-state index in [0.717, 1.165) is 27.7 Å². The average Bonchev–Trinajstić information content (AvgIpc) is 2.49. The van der Waals surface area contributed by atoms with Gasteiger partial charge in [0.1, 0.15) is 18.8 Å². The van der Waals surface area contributed by atoms with Crippen LogP contribution in [0, 0.1) is 0 Å². The molecule has 12 heteroatoms. The number of esters is 4. The number of hydrogen-bond donors (Lipinski definition) is 0. The molecule has 0 saturated carbocycles. The average molecular weight is 373 g/mol. The van der Waals surface area contributed by atoms with Crippen LogP contribution in [0.1, 0.15) is 27.7 Å². The van der Waals surface area contributed by atoms with Gasteiger partial charge in [-0.15, -0.1) is 0 Å². The van der Waals surface area contributed by atoms with Crippen LogP contribution in [0.5, 0.6) is 0 Å². The van der Waals surface area contributed by atoms with Crippen molar-refractivity contribution in [2.45, 2.75) is 58.3 Å². The summed E-state index contributed by atoms with van der Waals surface area (Å²) in [7, 11) is 0. The molecule has 0 spiro atoms. The van der Waals surface area contributed by atoms with Crippen LogP contribution in [-0.4, -0.2) is 61.1 Å². The van der Waals surface area contributed by atoms with E-state index in [1.54, 1.807) is 0 Å². The molecular weight excluding hydrogens is 354 g/mol. The fourth-order valence-electron chi connectivity index (χ4n) is 2.33. The van der Waals surface area contributed by atoms with Crippen molar-refractivity contribution in [2.24, 2.45) is 5.11 Å². The third-order valence-electron chi connectivity index (χ3n) is 3.14. The SMILES string of the molecule is CC(=O)OC[C@H]1O[C@H](OC(C)=O)[C@@H](N=[N+]=[N-])[C@@H](OC(C)=O)[C@@H]1OC(C)=O. The predicted octanol–water partition coefficient (Wildman–Crippen LogP) is 0.380. The smallest absolute Gasteiger partial charge is 0.304 e. The molecule has 12 nitrogen and oxygen atoms in total. The maximum Gasteiger partial charge on any atom is 0.304 e. The first kappa shape index (κ1) is 21.2. The van der Waals surface area contributed by atoms with E-state index in [2.05, 4.69) is 10.0 Å². The lowest BCUT2D eigenvalue weighted by molar-refractivity contribution is -0.267. The van der Waals surface area contributed by atoms with E-state index in [4.69, 9.17) is 29.2 Å². The molecule has 144 valence electrons. The first-order valence-corrected chi connectivity index (χ1v) is 7.50. The Morgan fingerprint density at radius 2 is 1.46 bits per heavy atom. The summed E-state index contributed by atoms with van der Waals surface area (Å²) in [5, 5.41) is 3.44. The summed E-state index contributed by atoms with van der Waals surface area (Å²) >= 11 is 0. The van der Waals surface area contributed by atoms with Gasteiger partial charge in [-0.25, -0.2) is 0 Å². The van der Waals surface area contributed by atoms with Crippen LogP contribution in [0.25, 0.3) is 10.4 Å². The van der Waals surface area contributed by atoms with Gasteiger partial charge in [-0.05, 0) is 5.53 Å². The van der Waals surface area contributed by atoms with Crippen molar-refractivity contribution in [3.63, 3.8) is 0 Å². The minimum absolute atomic E-state index is 0.383. The Bertz CT molecular complexity index is 617. The second-order valence-electron chi connectivity index (χ2n) is 5.30. The van der Waals surface area contributed by atoms with Crippen molar-refractivity contribution in [2.75, 3.05) is 6.61 Å². The molecule has 1 rings (SSSR count). The summed E-state index contributed by atoms with van der Waals surface area (Å²) in [5.41, 5.74) is 8.78. The van der Waals surface area contributed by atoms with Crippen molar-refractivity contribution < 1.29 is 42.9 Å². The zero-order valence-electron chi connectivity index (χ0n) is 14.6. The van der Waals surface area contributed by atoms with Gasteiger partial charge in [0.25, 0.3) is 0 Å². The van der Waals surface area contributed by atoms with Crippen LogP contribution in [0.2, 0.25) is 0 Å². The van der Waals surface area contributed by atoms with Crippen LogP contribution in [0.3, 0.4) is 0 Å². The molecule has 0 bridgehead atoms. The molecule has 0 aromatic carbocycles. The Balaban J connectivity index is 3.28. The Kier molecular flexibility index (Phi) is 7.81. The molecule has 0 radical (unpaired) electrons. The molecule has 0 N–H and O–H groups in total. The third kappa shape index (κ3) is 6.22. The molecule has 1 saturated heterocycles. The number of rotatable bonds is 6. The Hall–Kier alpha value is -2.85. The zero-order chi connectivity index (χ0) is 19.9. The molecule has 5 atom stereocenters. The van der Waals surface area contributed by atoms with E-state index >= 15 is 0 Å². The van der Waals surface area contributed by atoms with E-state index in [1.165, 1.54) is 0 Å². The van der Waals surface area contributed by atoms with Crippen LogP contribution < -0.4 is 0 Å². The highest BCUT2D eigenvalue weighted by Crippen LogP contribution is 2.29. The molecule has 0 aromatic rings. The number of nitrogens with zero attached hydrogens (tertiary/aromatic N) is 3. The number of ether oxygens (including phenoxy) is 5. The summed E-state index contributed by atoms with van der Waals surface area (Å²) in [6, 6.07) is -1.33. The first-order chi connectivity index (χ1) is 12.1. The second-order valence-corrected chi connectivity index (χ2v) is 5.30. The predicted molar refractivity (Wildman–Crippen MR) is 81.1 cm³/mol. The molecule has 1 aliphatic rings. The quantitative estimate of drug-likeness (QED) is 0.210. The second kappa shape index (κ2) is 9.59. The van der Waals surface area contributed by atoms with Crippen molar-refractivity contribution >= 4 is 23.9 Å². The number of carbonyl (C=O) groups excluding carboxylic acids is 4. The van der Waals surface area contributed by atoms with Crippen molar-refractivity contribution in [3.8, 4) is 0 Å². The van der Waals surface area contributed by atoms with Gasteiger partial charge in [-0.1, -0.05) is 5.11 Å².